The fourth-order valence-corrected chi connectivity index (χ4v) is 3.71. The quantitative estimate of drug-likeness (QED) is 0.155. The molecular weight excluding hydrogens is 502 g/mol. The van der Waals surface area contributed by atoms with Crippen molar-refractivity contribution in [2.45, 2.75) is 0 Å². The van der Waals surface area contributed by atoms with Gasteiger partial charge in [0, 0.05) is 21.3 Å². The number of hydrogen-bond donors (Lipinski definition) is 5. The molecule has 0 saturated heterocycles. The summed E-state index contributed by atoms with van der Waals surface area (Å²) < 4.78 is 6.56. The van der Waals surface area contributed by atoms with Crippen LogP contribution in [0.3, 0.4) is 0 Å². The number of nitrogens with two attached hydrogens (primary N) is 1. The second kappa shape index (κ2) is 9.42. The molecule has 2 aromatic carbocycles. The maximum atomic E-state index is 10.9. The summed E-state index contributed by atoms with van der Waals surface area (Å²) >= 11 is 6.71. The van der Waals surface area contributed by atoms with E-state index in [9.17, 15) is 9.59 Å². The van der Waals surface area contributed by atoms with Gasteiger partial charge in [-0.25, -0.2) is 4.79 Å². The third-order valence-corrected chi connectivity index (χ3v) is 4.53. The molecule has 9 nitrogen and oxygen atoms in total. The zero-order chi connectivity index (χ0) is 20.8. The summed E-state index contributed by atoms with van der Waals surface area (Å²) in [6, 6.07) is 8.07. The van der Waals surface area contributed by atoms with Crippen LogP contribution in [0.5, 0.6) is 5.75 Å². The summed E-state index contributed by atoms with van der Waals surface area (Å²) in [6.45, 7) is -0.893. The molecule has 2 rings (SSSR count). The lowest BCUT2D eigenvalue weighted by molar-refractivity contribution is -0.139. The lowest BCUT2D eigenvalue weighted by atomic mass is 9.97. The van der Waals surface area contributed by atoms with Crippen LogP contribution in [-0.2, 0) is 9.59 Å². The molecule has 0 aliphatic rings. The molecule has 0 amide bonds. The SMILES string of the molecule is NC(=NO)c1ccc(NCC(=O)O)cc1-c1cc(Br)cc(Br)c1OCC(=O)O. The number of benzene rings is 2. The standard InChI is InChI=1S/C17H15Br2N3O6/c18-8-3-12(16(13(19)4-8)28-7-15(25)26)11-5-9(21-6-14(23)24)1-2-10(11)17(20)22-27/h1-5,21,27H,6-7H2,(H2,20,22)(H,23,24)(H,25,26). The first-order valence-electron chi connectivity index (χ1n) is 7.64. The Morgan fingerprint density at radius 1 is 1.11 bits per heavy atom. The number of nitrogens with one attached hydrogen (secondary N) is 1. The molecule has 0 fully saturated rings. The van der Waals surface area contributed by atoms with Gasteiger partial charge in [0.25, 0.3) is 0 Å². The van der Waals surface area contributed by atoms with E-state index in [1.165, 1.54) is 0 Å². The van der Waals surface area contributed by atoms with E-state index in [4.69, 9.17) is 25.9 Å². The minimum absolute atomic E-state index is 0.180. The van der Waals surface area contributed by atoms with Crippen molar-refractivity contribution < 1.29 is 29.7 Å². The molecule has 0 aromatic heterocycles. The highest BCUT2D eigenvalue weighted by atomic mass is 79.9. The normalized spacial score (nSPS) is 11.1. The van der Waals surface area contributed by atoms with E-state index in [-0.39, 0.29) is 18.1 Å². The van der Waals surface area contributed by atoms with Crippen LogP contribution in [0.15, 0.2) is 44.4 Å². The molecule has 0 heterocycles. The molecular formula is C17H15Br2N3O6. The summed E-state index contributed by atoms with van der Waals surface area (Å²) in [4.78, 5) is 21.8. The van der Waals surface area contributed by atoms with Gasteiger partial charge in [0.05, 0.1) is 4.47 Å². The van der Waals surface area contributed by atoms with Crippen molar-refractivity contribution in [2.75, 3.05) is 18.5 Å². The van der Waals surface area contributed by atoms with Gasteiger partial charge < -0.3 is 31.2 Å². The van der Waals surface area contributed by atoms with E-state index in [1.54, 1.807) is 30.3 Å². The molecule has 11 heteroatoms. The van der Waals surface area contributed by atoms with Gasteiger partial charge in [0.2, 0.25) is 0 Å². The monoisotopic (exact) mass is 515 g/mol. The molecule has 0 bridgehead atoms. The van der Waals surface area contributed by atoms with Gasteiger partial charge in [0.1, 0.15) is 12.3 Å². The van der Waals surface area contributed by atoms with Crippen molar-refractivity contribution in [1.82, 2.24) is 0 Å². The number of carboxylic acid groups (broad SMARTS) is 2. The molecule has 0 atom stereocenters. The van der Waals surface area contributed by atoms with Crippen LogP contribution in [0.4, 0.5) is 5.69 Å². The Morgan fingerprint density at radius 3 is 2.43 bits per heavy atom. The second-order valence-electron chi connectivity index (χ2n) is 5.44. The van der Waals surface area contributed by atoms with E-state index in [2.05, 4.69) is 42.3 Å². The van der Waals surface area contributed by atoms with E-state index in [0.717, 1.165) is 0 Å². The van der Waals surface area contributed by atoms with Gasteiger partial charge in [-0.1, -0.05) is 21.1 Å². The molecule has 2 aromatic rings. The zero-order valence-electron chi connectivity index (χ0n) is 14.1. The van der Waals surface area contributed by atoms with Gasteiger partial charge in [-0.2, -0.15) is 0 Å². The fourth-order valence-electron chi connectivity index (χ4n) is 2.37. The molecule has 0 radical (unpaired) electrons. The molecule has 0 saturated carbocycles. The van der Waals surface area contributed by atoms with Crippen LogP contribution in [0.1, 0.15) is 5.56 Å². The first-order chi connectivity index (χ1) is 13.2. The Morgan fingerprint density at radius 2 is 1.82 bits per heavy atom. The third kappa shape index (κ3) is 5.36. The smallest absolute Gasteiger partial charge is 0.341 e. The summed E-state index contributed by atoms with van der Waals surface area (Å²) in [5, 5.41) is 32.7. The summed E-state index contributed by atoms with van der Waals surface area (Å²) in [6.07, 6.45) is 0. The largest absolute Gasteiger partial charge is 0.480 e. The topological polar surface area (TPSA) is 154 Å². The number of halogens is 2. The summed E-state index contributed by atoms with van der Waals surface area (Å²) in [5.41, 5.74) is 7.47. The Hall–Kier alpha value is -2.79. The van der Waals surface area contributed by atoms with E-state index in [0.29, 0.717) is 31.3 Å². The van der Waals surface area contributed by atoms with Crippen molar-refractivity contribution >= 4 is 55.3 Å². The number of nitrogens with zero attached hydrogens (tertiary/aromatic N) is 1. The molecule has 0 aliphatic heterocycles. The van der Waals surface area contributed by atoms with Crippen LogP contribution in [-0.4, -0.2) is 46.3 Å². The Bertz CT molecular complexity index is 949. The van der Waals surface area contributed by atoms with Crippen LogP contribution in [0.2, 0.25) is 0 Å². The van der Waals surface area contributed by atoms with E-state index in [1.807, 2.05) is 0 Å². The number of rotatable bonds is 8. The fraction of sp³-hybridized carbons (Fsp3) is 0.118. The van der Waals surface area contributed by atoms with Gasteiger partial charge in [0.15, 0.2) is 12.4 Å². The Labute approximate surface area is 176 Å². The molecule has 148 valence electrons. The van der Waals surface area contributed by atoms with Crippen LogP contribution in [0, 0.1) is 0 Å². The average Bonchev–Trinajstić information content (AvgIpc) is 2.64. The molecule has 0 aliphatic carbocycles. The van der Waals surface area contributed by atoms with Gasteiger partial charge in [-0.3, -0.25) is 4.79 Å². The lowest BCUT2D eigenvalue weighted by Crippen LogP contribution is -2.16. The highest BCUT2D eigenvalue weighted by molar-refractivity contribution is 9.11. The third-order valence-electron chi connectivity index (χ3n) is 3.49. The van der Waals surface area contributed by atoms with Crippen molar-refractivity contribution in [2.24, 2.45) is 10.9 Å². The number of carboxylic acids is 2. The maximum absolute atomic E-state index is 10.9. The average molecular weight is 517 g/mol. The van der Waals surface area contributed by atoms with Crippen molar-refractivity contribution in [1.29, 1.82) is 0 Å². The first kappa shape index (κ1) is 21.5. The van der Waals surface area contributed by atoms with E-state index < -0.39 is 18.5 Å². The van der Waals surface area contributed by atoms with Crippen molar-refractivity contribution in [3.63, 3.8) is 0 Å². The van der Waals surface area contributed by atoms with Crippen LogP contribution in [0.25, 0.3) is 11.1 Å². The number of oxime groups is 1. The number of carbonyl (C=O) groups is 2. The van der Waals surface area contributed by atoms with Gasteiger partial charge in [-0.15, -0.1) is 0 Å². The predicted molar refractivity (Wildman–Crippen MR) is 109 cm³/mol. The minimum Gasteiger partial charge on any atom is -0.480 e. The second-order valence-corrected chi connectivity index (χ2v) is 7.21. The van der Waals surface area contributed by atoms with Crippen molar-refractivity contribution in [3.05, 3.63) is 44.8 Å². The number of amidine groups is 1. The number of hydrogen-bond acceptors (Lipinski definition) is 6. The predicted octanol–water partition coefficient (Wildman–Crippen LogP) is 2.93. The van der Waals surface area contributed by atoms with Crippen LogP contribution >= 0.6 is 31.9 Å². The number of anilines is 1. The summed E-state index contributed by atoms with van der Waals surface area (Å²) in [7, 11) is 0. The van der Waals surface area contributed by atoms with E-state index >= 15 is 0 Å². The molecule has 28 heavy (non-hydrogen) atoms. The molecule has 0 unspecified atom stereocenters. The van der Waals surface area contributed by atoms with Crippen molar-refractivity contribution in [3.8, 4) is 16.9 Å². The molecule has 6 N–H and O–H groups in total. The lowest BCUT2D eigenvalue weighted by Gasteiger charge is -2.17. The van der Waals surface area contributed by atoms with Gasteiger partial charge >= 0.3 is 11.9 Å². The van der Waals surface area contributed by atoms with Gasteiger partial charge in [-0.05, 0) is 51.8 Å². The number of aliphatic carboxylic acids is 2. The molecule has 0 spiro atoms. The highest BCUT2D eigenvalue weighted by Gasteiger charge is 2.19. The van der Waals surface area contributed by atoms with Crippen LogP contribution < -0.4 is 15.8 Å². The number of ether oxygens (including phenoxy) is 1. The Balaban J connectivity index is 2.67. The maximum Gasteiger partial charge on any atom is 0.341 e. The summed E-state index contributed by atoms with van der Waals surface area (Å²) in [5.74, 6) is -2.15. The highest BCUT2D eigenvalue weighted by Crippen LogP contribution is 2.41. The zero-order valence-corrected chi connectivity index (χ0v) is 17.3. The minimum atomic E-state index is -1.16. The Kier molecular flexibility index (Phi) is 7.24. The first-order valence-corrected chi connectivity index (χ1v) is 9.23.